The van der Waals surface area contributed by atoms with Gasteiger partial charge in [-0.05, 0) is 26.2 Å². The van der Waals surface area contributed by atoms with E-state index in [0.717, 1.165) is 48.0 Å². The van der Waals surface area contributed by atoms with Gasteiger partial charge in [0.25, 0.3) is 0 Å². The molecule has 1 N–H and O–H groups in total. The van der Waals surface area contributed by atoms with Crippen molar-refractivity contribution in [3.8, 4) is 5.75 Å². The standard InChI is InChI=1S/C20H30N6O/c1-14-6-8-25(12-18(14)26-9-7-22-13-26)20(21-4)24-11-17-16(3)19(27-5)15(2)10-23-17/h7,9-10,13-14,18H,6,8,11-12H2,1-5H3,(H,21,24). The Morgan fingerprint density at radius 2 is 2.22 bits per heavy atom. The summed E-state index contributed by atoms with van der Waals surface area (Å²) in [6.07, 6.45) is 8.79. The van der Waals surface area contributed by atoms with Gasteiger partial charge in [-0.1, -0.05) is 6.92 Å². The van der Waals surface area contributed by atoms with Gasteiger partial charge in [-0.15, -0.1) is 0 Å². The summed E-state index contributed by atoms with van der Waals surface area (Å²) in [5.41, 5.74) is 3.11. The van der Waals surface area contributed by atoms with Crippen molar-refractivity contribution in [3.05, 3.63) is 41.7 Å². The van der Waals surface area contributed by atoms with Crippen LogP contribution in [0.15, 0.2) is 29.9 Å². The number of pyridine rings is 1. The molecule has 1 aliphatic rings. The van der Waals surface area contributed by atoms with Crippen LogP contribution in [-0.2, 0) is 6.54 Å². The van der Waals surface area contributed by atoms with Crippen molar-refractivity contribution >= 4 is 5.96 Å². The van der Waals surface area contributed by atoms with Gasteiger partial charge in [-0.25, -0.2) is 4.98 Å². The summed E-state index contributed by atoms with van der Waals surface area (Å²) in [6.45, 7) is 8.91. The molecule has 3 rings (SSSR count). The molecule has 1 fully saturated rings. The Labute approximate surface area is 161 Å². The number of likely N-dealkylation sites (tertiary alicyclic amines) is 1. The highest BCUT2D eigenvalue weighted by atomic mass is 16.5. The Morgan fingerprint density at radius 1 is 1.41 bits per heavy atom. The first-order valence-corrected chi connectivity index (χ1v) is 9.47. The number of aromatic nitrogens is 3. The molecule has 0 aliphatic carbocycles. The SMILES string of the molecule is CN=C(NCc1ncc(C)c(OC)c1C)N1CCC(C)C(n2ccnc2)C1. The number of aliphatic imine (C=N–C) groups is 1. The monoisotopic (exact) mass is 370 g/mol. The first-order valence-electron chi connectivity index (χ1n) is 9.47. The van der Waals surface area contributed by atoms with Crippen LogP contribution < -0.4 is 10.1 Å². The molecule has 1 aliphatic heterocycles. The van der Waals surface area contributed by atoms with Crippen LogP contribution in [0.5, 0.6) is 5.75 Å². The molecule has 2 aromatic rings. The van der Waals surface area contributed by atoms with Crippen LogP contribution in [0.3, 0.4) is 0 Å². The van der Waals surface area contributed by atoms with Gasteiger partial charge in [0.1, 0.15) is 5.75 Å². The van der Waals surface area contributed by atoms with Gasteiger partial charge in [-0.3, -0.25) is 9.98 Å². The Bertz CT molecular complexity index is 786. The molecule has 2 aromatic heterocycles. The smallest absolute Gasteiger partial charge is 0.194 e. The van der Waals surface area contributed by atoms with E-state index in [4.69, 9.17) is 4.74 Å². The van der Waals surface area contributed by atoms with Crippen molar-refractivity contribution < 1.29 is 4.74 Å². The lowest BCUT2D eigenvalue weighted by Gasteiger charge is -2.39. The van der Waals surface area contributed by atoms with Gasteiger partial charge >= 0.3 is 0 Å². The molecule has 3 heterocycles. The van der Waals surface area contributed by atoms with Crippen LogP contribution in [0, 0.1) is 19.8 Å². The quantitative estimate of drug-likeness (QED) is 0.662. The van der Waals surface area contributed by atoms with Gasteiger partial charge in [0.05, 0.1) is 31.7 Å². The first-order chi connectivity index (χ1) is 13.0. The molecule has 0 saturated carbocycles. The third-order valence-electron chi connectivity index (χ3n) is 5.50. The van der Waals surface area contributed by atoms with E-state index < -0.39 is 0 Å². The normalized spacial score (nSPS) is 20.6. The summed E-state index contributed by atoms with van der Waals surface area (Å²) in [7, 11) is 3.54. The maximum Gasteiger partial charge on any atom is 0.194 e. The van der Waals surface area contributed by atoms with E-state index >= 15 is 0 Å². The molecule has 7 heteroatoms. The van der Waals surface area contributed by atoms with Crippen LogP contribution in [0.25, 0.3) is 0 Å². The van der Waals surface area contributed by atoms with Crippen LogP contribution in [0.2, 0.25) is 0 Å². The van der Waals surface area contributed by atoms with Crippen LogP contribution >= 0.6 is 0 Å². The van der Waals surface area contributed by atoms with Crippen LogP contribution in [0.4, 0.5) is 0 Å². The zero-order valence-corrected chi connectivity index (χ0v) is 16.9. The average Bonchev–Trinajstić information content (AvgIpc) is 3.19. The lowest BCUT2D eigenvalue weighted by Crippen LogP contribution is -2.48. The minimum Gasteiger partial charge on any atom is -0.496 e. The highest BCUT2D eigenvalue weighted by Gasteiger charge is 2.29. The summed E-state index contributed by atoms with van der Waals surface area (Å²) >= 11 is 0. The second-order valence-electron chi connectivity index (χ2n) is 7.24. The molecular weight excluding hydrogens is 340 g/mol. The molecule has 146 valence electrons. The maximum absolute atomic E-state index is 5.52. The van der Waals surface area contributed by atoms with E-state index in [1.807, 2.05) is 38.9 Å². The minimum atomic E-state index is 0.402. The molecule has 0 aromatic carbocycles. The lowest BCUT2D eigenvalue weighted by atomic mass is 9.93. The van der Waals surface area contributed by atoms with Crippen LogP contribution in [-0.4, -0.2) is 52.6 Å². The van der Waals surface area contributed by atoms with Crippen molar-refractivity contribution in [1.82, 2.24) is 24.8 Å². The van der Waals surface area contributed by atoms with Crippen molar-refractivity contribution in [2.24, 2.45) is 10.9 Å². The Hall–Kier alpha value is -2.57. The number of piperidine rings is 1. The predicted octanol–water partition coefficient (Wildman–Crippen LogP) is 2.56. The third-order valence-corrected chi connectivity index (χ3v) is 5.50. The van der Waals surface area contributed by atoms with E-state index in [0.29, 0.717) is 18.5 Å². The molecule has 1 saturated heterocycles. The van der Waals surface area contributed by atoms with Crippen molar-refractivity contribution in [1.29, 1.82) is 0 Å². The van der Waals surface area contributed by atoms with Crippen LogP contribution in [0.1, 0.15) is 36.2 Å². The number of hydrogen-bond donors (Lipinski definition) is 1. The maximum atomic E-state index is 5.52. The number of nitrogens with zero attached hydrogens (tertiary/aromatic N) is 5. The fraction of sp³-hybridized carbons (Fsp3) is 0.550. The summed E-state index contributed by atoms with van der Waals surface area (Å²) < 4.78 is 7.72. The molecular formula is C20H30N6O. The molecule has 0 bridgehead atoms. The molecule has 0 spiro atoms. The van der Waals surface area contributed by atoms with E-state index in [1.165, 1.54) is 0 Å². The number of rotatable bonds is 4. The molecule has 0 amide bonds. The average molecular weight is 371 g/mol. The number of aryl methyl sites for hydroxylation is 1. The van der Waals surface area contributed by atoms with E-state index in [2.05, 4.69) is 43.6 Å². The lowest BCUT2D eigenvalue weighted by molar-refractivity contribution is 0.189. The highest BCUT2D eigenvalue weighted by molar-refractivity contribution is 5.80. The molecule has 7 nitrogen and oxygen atoms in total. The summed E-state index contributed by atoms with van der Waals surface area (Å²) in [5.74, 6) is 2.43. The minimum absolute atomic E-state index is 0.402. The number of methoxy groups -OCH3 is 1. The van der Waals surface area contributed by atoms with E-state index in [1.54, 1.807) is 7.11 Å². The molecule has 2 unspecified atom stereocenters. The summed E-state index contributed by atoms with van der Waals surface area (Å²) in [4.78, 5) is 15.6. The number of guanidine groups is 1. The van der Waals surface area contributed by atoms with Gasteiger partial charge < -0.3 is 19.5 Å². The number of ether oxygens (including phenoxy) is 1. The largest absolute Gasteiger partial charge is 0.496 e. The first kappa shape index (κ1) is 19.2. The van der Waals surface area contributed by atoms with E-state index in [9.17, 15) is 0 Å². The topological polar surface area (TPSA) is 67.6 Å². The van der Waals surface area contributed by atoms with Crippen molar-refractivity contribution in [2.45, 2.75) is 39.8 Å². The number of hydrogen-bond acceptors (Lipinski definition) is 4. The number of imidazole rings is 1. The van der Waals surface area contributed by atoms with Crippen molar-refractivity contribution in [3.63, 3.8) is 0 Å². The molecule has 2 atom stereocenters. The third kappa shape index (κ3) is 4.07. The second-order valence-corrected chi connectivity index (χ2v) is 7.24. The van der Waals surface area contributed by atoms with Gasteiger partial charge in [-0.2, -0.15) is 0 Å². The zero-order chi connectivity index (χ0) is 19.4. The van der Waals surface area contributed by atoms with E-state index in [-0.39, 0.29) is 0 Å². The summed E-state index contributed by atoms with van der Waals surface area (Å²) in [5, 5.41) is 3.48. The highest BCUT2D eigenvalue weighted by Crippen LogP contribution is 2.27. The fourth-order valence-electron chi connectivity index (χ4n) is 3.84. The molecule has 0 radical (unpaired) electrons. The Kier molecular flexibility index (Phi) is 5.98. The Balaban J connectivity index is 1.69. The van der Waals surface area contributed by atoms with Gasteiger partial charge in [0, 0.05) is 49.9 Å². The number of nitrogens with one attached hydrogen (secondary N) is 1. The van der Waals surface area contributed by atoms with Crippen molar-refractivity contribution in [2.75, 3.05) is 27.2 Å². The van der Waals surface area contributed by atoms with Gasteiger partial charge in [0.2, 0.25) is 0 Å². The summed E-state index contributed by atoms with van der Waals surface area (Å²) in [6, 6.07) is 0.402. The second kappa shape index (κ2) is 8.41. The Morgan fingerprint density at radius 3 is 2.89 bits per heavy atom. The van der Waals surface area contributed by atoms with Gasteiger partial charge in [0.15, 0.2) is 5.96 Å². The fourth-order valence-corrected chi connectivity index (χ4v) is 3.84. The predicted molar refractivity (Wildman–Crippen MR) is 107 cm³/mol. The molecule has 27 heavy (non-hydrogen) atoms. The zero-order valence-electron chi connectivity index (χ0n) is 16.9.